The minimum atomic E-state index is -0.608. The number of benzene rings is 3. The van der Waals surface area contributed by atoms with E-state index in [4.69, 9.17) is 11.6 Å². The molecule has 2 aliphatic rings. The summed E-state index contributed by atoms with van der Waals surface area (Å²) in [6, 6.07) is 20.5. The first kappa shape index (κ1) is 24.3. The molecule has 0 bridgehead atoms. The molecule has 0 saturated carbocycles. The predicted molar refractivity (Wildman–Crippen MR) is 144 cm³/mol. The summed E-state index contributed by atoms with van der Waals surface area (Å²) < 4.78 is 13.8. The lowest BCUT2D eigenvalue weighted by Gasteiger charge is -2.41. The smallest absolute Gasteiger partial charge is 0.161 e. The lowest BCUT2D eigenvalue weighted by molar-refractivity contribution is -0.116. The minimum absolute atomic E-state index is 0.00351. The summed E-state index contributed by atoms with van der Waals surface area (Å²) in [5, 5.41) is 21.4. The third kappa shape index (κ3) is 4.36. The molecule has 3 aromatic carbocycles. The van der Waals surface area contributed by atoms with Crippen molar-refractivity contribution in [2.24, 2.45) is 0 Å². The second kappa shape index (κ2) is 9.96. The van der Waals surface area contributed by atoms with Gasteiger partial charge in [-0.3, -0.25) is 15.1 Å². The lowest BCUT2D eigenvalue weighted by atomic mass is 9.73. The Hall–Kier alpha value is -3.35. The van der Waals surface area contributed by atoms with E-state index >= 15 is 0 Å². The van der Waals surface area contributed by atoms with Gasteiger partial charge in [-0.15, -0.1) is 11.8 Å². The molecule has 7 heteroatoms. The van der Waals surface area contributed by atoms with E-state index in [2.05, 4.69) is 0 Å². The van der Waals surface area contributed by atoms with E-state index in [1.165, 1.54) is 12.1 Å². The zero-order valence-corrected chi connectivity index (χ0v) is 21.2. The Morgan fingerprint density at radius 1 is 1.03 bits per heavy atom. The molecule has 1 aliphatic carbocycles. The number of aliphatic hydroxyl groups is 1. The number of aliphatic hydroxyl groups excluding tert-OH is 1. The molecule has 1 atom stereocenters. The van der Waals surface area contributed by atoms with Crippen molar-refractivity contribution in [1.82, 2.24) is 0 Å². The number of nitrogens with zero attached hydrogens (tertiary/aromatic N) is 1. The number of nitrogens with one attached hydrogen (secondary N) is 1. The monoisotopic (exact) mass is 518 g/mol. The van der Waals surface area contributed by atoms with Crippen LogP contribution in [-0.4, -0.2) is 23.0 Å². The highest BCUT2D eigenvalue weighted by Gasteiger charge is 2.43. The Morgan fingerprint density at radius 2 is 1.69 bits per heavy atom. The van der Waals surface area contributed by atoms with Gasteiger partial charge in [-0.1, -0.05) is 23.7 Å². The number of thioether (sulfide) groups is 1. The molecule has 2 N–H and O–H groups in total. The Kier molecular flexibility index (Phi) is 6.73. The van der Waals surface area contributed by atoms with Crippen LogP contribution in [0.1, 0.15) is 36.3 Å². The van der Waals surface area contributed by atoms with Crippen LogP contribution in [0.4, 0.5) is 10.1 Å². The molecule has 0 radical (unpaired) electrons. The third-order valence-corrected chi connectivity index (χ3v) is 7.66. The van der Waals surface area contributed by atoms with Crippen molar-refractivity contribution >= 4 is 46.4 Å². The first-order valence-corrected chi connectivity index (χ1v) is 13.2. The van der Waals surface area contributed by atoms with Crippen LogP contribution in [0.25, 0.3) is 5.76 Å². The first-order chi connectivity index (χ1) is 17.4. The molecular weight excluding hydrogens is 495 g/mol. The fraction of sp³-hybridized carbons (Fsp3) is 0.172. The SMILES string of the molecule is CSc1ccc(C2C3=C(CCCC3=O)N(c3ccc(F)cc3)C(=N)/C2=C(/O)c2ccc(Cl)cc2)cc1. The van der Waals surface area contributed by atoms with Crippen molar-refractivity contribution in [2.75, 3.05) is 11.2 Å². The topological polar surface area (TPSA) is 64.4 Å². The van der Waals surface area contributed by atoms with Gasteiger partial charge < -0.3 is 5.11 Å². The van der Waals surface area contributed by atoms with Crippen molar-refractivity contribution in [3.05, 3.63) is 112 Å². The first-order valence-electron chi connectivity index (χ1n) is 11.6. The number of hydrogen-bond donors (Lipinski definition) is 2. The van der Waals surface area contributed by atoms with Crippen molar-refractivity contribution in [1.29, 1.82) is 5.41 Å². The number of amidine groups is 1. The lowest BCUT2D eigenvalue weighted by Crippen LogP contribution is -2.42. The normalized spacial score (nSPS) is 19.4. The largest absolute Gasteiger partial charge is 0.507 e. The predicted octanol–water partition coefficient (Wildman–Crippen LogP) is 7.76. The van der Waals surface area contributed by atoms with E-state index < -0.39 is 5.92 Å². The van der Waals surface area contributed by atoms with Gasteiger partial charge in [0, 0.05) is 50.4 Å². The molecule has 0 fully saturated rings. The molecule has 1 unspecified atom stereocenters. The highest BCUT2D eigenvalue weighted by Crippen LogP contribution is 2.48. The molecule has 182 valence electrons. The van der Waals surface area contributed by atoms with E-state index in [-0.39, 0.29) is 23.2 Å². The number of rotatable bonds is 4. The maximum atomic E-state index is 13.8. The standard InChI is InChI=1S/C29H24ClFN2O2S/c1-36-22-15-7-17(8-16-22)25-26-23(3-2-4-24(26)34)33(21-13-11-20(31)12-14-21)29(32)27(25)28(35)18-5-9-19(30)10-6-18/h5-16,25,32,35H,2-4H2,1H3/b28-27+,32-29?. The van der Waals surface area contributed by atoms with E-state index in [1.807, 2.05) is 30.5 Å². The molecule has 5 rings (SSSR count). The maximum absolute atomic E-state index is 13.8. The zero-order valence-electron chi connectivity index (χ0n) is 19.6. The van der Waals surface area contributed by atoms with Crippen LogP contribution in [0.3, 0.4) is 0 Å². The van der Waals surface area contributed by atoms with Gasteiger partial charge in [0.25, 0.3) is 0 Å². The molecule has 1 aliphatic heterocycles. The van der Waals surface area contributed by atoms with Gasteiger partial charge >= 0.3 is 0 Å². The molecule has 36 heavy (non-hydrogen) atoms. The number of halogens is 2. The summed E-state index contributed by atoms with van der Waals surface area (Å²) in [7, 11) is 0. The van der Waals surface area contributed by atoms with Gasteiger partial charge in [-0.2, -0.15) is 0 Å². The van der Waals surface area contributed by atoms with E-state index in [0.717, 1.165) is 16.2 Å². The summed E-state index contributed by atoms with van der Waals surface area (Å²) in [6.45, 7) is 0. The van der Waals surface area contributed by atoms with E-state index in [0.29, 0.717) is 46.7 Å². The van der Waals surface area contributed by atoms with Gasteiger partial charge in [-0.25, -0.2) is 4.39 Å². The van der Waals surface area contributed by atoms with Gasteiger partial charge in [0.2, 0.25) is 0 Å². The van der Waals surface area contributed by atoms with Crippen molar-refractivity contribution in [3.8, 4) is 0 Å². The van der Waals surface area contributed by atoms with Crippen molar-refractivity contribution in [2.45, 2.75) is 30.1 Å². The maximum Gasteiger partial charge on any atom is 0.161 e. The van der Waals surface area contributed by atoms with Crippen LogP contribution in [0.5, 0.6) is 0 Å². The van der Waals surface area contributed by atoms with Crippen LogP contribution >= 0.6 is 23.4 Å². The molecular formula is C29H24ClFN2O2S. The van der Waals surface area contributed by atoms with Crippen LogP contribution in [0.2, 0.25) is 5.02 Å². The number of carbonyl (C=O) groups excluding carboxylic acids is 1. The summed E-state index contributed by atoms with van der Waals surface area (Å²) >= 11 is 7.70. The second-order valence-electron chi connectivity index (χ2n) is 8.77. The van der Waals surface area contributed by atoms with E-state index in [9.17, 15) is 19.7 Å². The minimum Gasteiger partial charge on any atom is -0.507 e. The number of hydrogen-bond acceptors (Lipinski definition) is 4. The van der Waals surface area contributed by atoms with Crippen molar-refractivity contribution in [3.63, 3.8) is 0 Å². The third-order valence-electron chi connectivity index (χ3n) is 6.66. The van der Waals surface area contributed by atoms with Crippen LogP contribution < -0.4 is 4.90 Å². The molecule has 0 aromatic heterocycles. The summed E-state index contributed by atoms with van der Waals surface area (Å²) in [6.07, 6.45) is 3.67. The highest BCUT2D eigenvalue weighted by molar-refractivity contribution is 7.98. The fourth-order valence-corrected chi connectivity index (χ4v) is 5.49. The molecule has 0 spiro atoms. The van der Waals surface area contributed by atoms with E-state index in [1.54, 1.807) is 53.1 Å². The summed E-state index contributed by atoms with van der Waals surface area (Å²) in [4.78, 5) is 16.2. The number of carbonyl (C=O) groups is 1. The number of allylic oxidation sites excluding steroid dienone is 2. The fourth-order valence-electron chi connectivity index (χ4n) is 4.96. The summed E-state index contributed by atoms with van der Waals surface area (Å²) in [5.41, 5.74) is 3.53. The molecule has 0 saturated heterocycles. The Morgan fingerprint density at radius 3 is 2.33 bits per heavy atom. The second-order valence-corrected chi connectivity index (χ2v) is 10.1. The van der Waals surface area contributed by atoms with Crippen molar-refractivity contribution < 1.29 is 14.3 Å². The average molecular weight is 519 g/mol. The number of anilines is 1. The number of ketones is 1. The summed E-state index contributed by atoms with van der Waals surface area (Å²) in [5.74, 6) is -1.03. The van der Waals surface area contributed by atoms with Crippen LogP contribution in [-0.2, 0) is 4.79 Å². The molecule has 0 amide bonds. The van der Waals surface area contributed by atoms with Crippen LogP contribution in [0.15, 0.2) is 94.5 Å². The average Bonchev–Trinajstić information content (AvgIpc) is 2.89. The quantitative estimate of drug-likeness (QED) is 0.273. The molecule has 1 heterocycles. The van der Waals surface area contributed by atoms with Gasteiger partial charge in [0.1, 0.15) is 17.4 Å². The van der Waals surface area contributed by atoms with Gasteiger partial charge in [-0.05, 0) is 85.3 Å². The number of Topliss-reactive ketones (excluding diaryl/α,β-unsaturated/α-hetero) is 1. The Balaban J connectivity index is 1.80. The molecule has 3 aromatic rings. The molecule has 4 nitrogen and oxygen atoms in total. The van der Waals surface area contributed by atoms with Gasteiger partial charge in [0.05, 0.1) is 0 Å². The Labute approximate surface area is 218 Å². The zero-order chi connectivity index (χ0) is 25.4. The van der Waals surface area contributed by atoms with Crippen LogP contribution in [0, 0.1) is 11.2 Å². The van der Waals surface area contributed by atoms with Gasteiger partial charge in [0.15, 0.2) is 5.78 Å². The highest BCUT2D eigenvalue weighted by atomic mass is 35.5. The Bertz CT molecular complexity index is 1400.